The molecule has 0 aliphatic carbocycles. The first kappa shape index (κ1) is 21.7. The summed E-state index contributed by atoms with van der Waals surface area (Å²) in [6.07, 6.45) is 0.875. The van der Waals surface area contributed by atoms with E-state index in [4.69, 9.17) is 16.3 Å². The summed E-state index contributed by atoms with van der Waals surface area (Å²) in [6, 6.07) is 18.1. The number of ether oxygens (including phenoxy) is 1. The van der Waals surface area contributed by atoms with Crippen LogP contribution in [0.3, 0.4) is 0 Å². The average Bonchev–Trinajstić information content (AvgIpc) is 2.75. The van der Waals surface area contributed by atoms with Crippen molar-refractivity contribution in [2.75, 3.05) is 17.1 Å². The number of methoxy groups -OCH3 is 1. The van der Waals surface area contributed by atoms with Gasteiger partial charge in [-0.15, -0.1) is 0 Å². The molecule has 0 heterocycles. The fraction of sp³-hybridized carbons (Fsp3) is 0.136. The third kappa shape index (κ3) is 4.93. The van der Waals surface area contributed by atoms with Gasteiger partial charge < -0.3 is 10.1 Å². The average molecular weight is 445 g/mol. The largest absolute Gasteiger partial charge is 0.495 e. The molecule has 30 heavy (non-hydrogen) atoms. The number of hydrogen-bond acceptors (Lipinski definition) is 4. The Bertz CT molecular complexity index is 1160. The number of aryl methyl sites for hydroxylation is 1. The van der Waals surface area contributed by atoms with E-state index in [2.05, 4.69) is 10.0 Å². The van der Waals surface area contributed by atoms with E-state index in [-0.39, 0.29) is 27.3 Å². The van der Waals surface area contributed by atoms with Crippen LogP contribution in [0.1, 0.15) is 22.8 Å². The second-order valence-corrected chi connectivity index (χ2v) is 8.51. The normalized spacial score (nSPS) is 11.0. The lowest BCUT2D eigenvalue weighted by atomic mass is 10.1. The van der Waals surface area contributed by atoms with Crippen molar-refractivity contribution in [3.8, 4) is 5.75 Å². The zero-order chi connectivity index (χ0) is 21.7. The zero-order valence-corrected chi connectivity index (χ0v) is 18.0. The van der Waals surface area contributed by atoms with Crippen LogP contribution in [-0.2, 0) is 16.4 Å². The Balaban J connectivity index is 1.89. The number of sulfonamides is 1. The van der Waals surface area contributed by atoms with Gasteiger partial charge >= 0.3 is 0 Å². The lowest BCUT2D eigenvalue weighted by Crippen LogP contribution is -2.16. The summed E-state index contributed by atoms with van der Waals surface area (Å²) in [5, 5.41) is 2.99. The van der Waals surface area contributed by atoms with Gasteiger partial charge in [-0.05, 0) is 54.4 Å². The molecule has 0 radical (unpaired) electrons. The van der Waals surface area contributed by atoms with Gasteiger partial charge in [-0.25, -0.2) is 8.42 Å². The Hall–Kier alpha value is -3.03. The molecule has 0 saturated heterocycles. The minimum atomic E-state index is -4.02. The standard InChI is InChI=1S/C22H21ClN2O4S/c1-3-15-8-10-16(11-9-15)22(26)24-17-12-13-20(29-2)21(14-17)30(27,28)25-19-7-5-4-6-18(19)23/h4-14,25H,3H2,1-2H3,(H,24,26). The number of benzene rings is 3. The molecule has 0 fully saturated rings. The molecule has 0 aliphatic heterocycles. The van der Waals surface area contributed by atoms with E-state index in [9.17, 15) is 13.2 Å². The van der Waals surface area contributed by atoms with E-state index in [1.807, 2.05) is 19.1 Å². The van der Waals surface area contributed by atoms with Crippen molar-refractivity contribution in [2.24, 2.45) is 0 Å². The number of amides is 1. The first-order chi connectivity index (χ1) is 14.3. The predicted octanol–water partition coefficient (Wildman–Crippen LogP) is 4.96. The van der Waals surface area contributed by atoms with Gasteiger partial charge in [0.15, 0.2) is 0 Å². The van der Waals surface area contributed by atoms with Crippen LogP contribution in [0.25, 0.3) is 0 Å². The quantitative estimate of drug-likeness (QED) is 0.539. The molecule has 3 aromatic rings. The Kier molecular flexibility index (Phi) is 6.64. The Morgan fingerprint density at radius 3 is 2.37 bits per heavy atom. The van der Waals surface area contributed by atoms with Gasteiger partial charge in [0.2, 0.25) is 0 Å². The molecule has 0 spiro atoms. The number of carbonyl (C=O) groups is 1. The van der Waals surface area contributed by atoms with Crippen LogP contribution in [-0.4, -0.2) is 21.4 Å². The number of para-hydroxylation sites is 1. The Morgan fingerprint density at radius 1 is 1.03 bits per heavy atom. The van der Waals surface area contributed by atoms with E-state index in [1.165, 1.54) is 19.2 Å². The first-order valence-corrected chi connectivity index (χ1v) is 11.1. The molecule has 8 heteroatoms. The smallest absolute Gasteiger partial charge is 0.265 e. The van der Waals surface area contributed by atoms with E-state index in [0.29, 0.717) is 11.3 Å². The highest BCUT2D eigenvalue weighted by Gasteiger charge is 2.22. The Morgan fingerprint density at radius 2 is 1.73 bits per heavy atom. The topological polar surface area (TPSA) is 84.5 Å². The van der Waals surface area contributed by atoms with Gasteiger partial charge in [0, 0.05) is 11.3 Å². The zero-order valence-electron chi connectivity index (χ0n) is 16.5. The summed E-state index contributed by atoms with van der Waals surface area (Å²) in [4.78, 5) is 12.4. The van der Waals surface area contributed by atoms with Gasteiger partial charge in [-0.2, -0.15) is 0 Å². The third-order valence-electron chi connectivity index (χ3n) is 4.45. The van der Waals surface area contributed by atoms with Crippen molar-refractivity contribution in [1.82, 2.24) is 0 Å². The summed E-state index contributed by atoms with van der Waals surface area (Å²) < 4.78 is 33.6. The van der Waals surface area contributed by atoms with E-state index in [0.717, 1.165) is 12.0 Å². The summed E-state index contributed by atoms with van der Waals surface area (Å²) in [6.45, 7) is 2.03. The minimum Gasteiger partial charge on any atom is -0.495 e. The molecule has 2 N–H and O–H groups in total. The van der Waals surface area contributed by atoms with Crippen molar-refractivity contribution in [3.63, 3.8) is 0 Å². The minimum absolute atomic E-state index is 0.121. The maximum absolute atomic E-state index is 12.9. The van der Waals surface area contributed by atoms with E-state index < -0.39 is 10.0 Å². The van der Waals surface area contributed by atoms with Gasteiger partial charge in [-0.3, -0.25) is 9.52 Å². The number of anilines is 2. The molecular weight excluding hydrogens is 424 g/mol. The molecule has 0 aromatic heterocycles. The lowest BCUT2D eigenvalue weighted by Gasteiger charge is -2.14. The fourth-order valence-corrected chi connectivity index (χ4v) is 4.32. The van der Waals surface area contributed by atoms with Gasteiger partial charge in [0.25, 0.3) is 15.9 Å². The van der Waals surface area contributed by atoms with Crippen molar-refractivity contribution in [1.29, 1.82) is 0 Å². The maximum Gasteiger partial charge on any atom is 0.265 e. The SMILES string of the molecule is CCc1ccc(C(=O)Nc2ccc(OC)c(S(=O)(=O)Nc3ccccc3Cl)c2)cc1. The fourth-order valence-electron chi connectivity index (χ4n) is 2.80. The van der Waals surface area contributed by atoms with E-state index >= 15 is 0 Å². The van der Waals surface area contributed by atoms with Crippen molar-refractivity contribution in [3.05, 3.63) is 82.9 Å². The number of hydrogen-bond donors (Lipinski definition) is 2. The highest BCUT2D eigenvalue weighted by Crippen LogP contribution is 2.31. The van der Waals surface area contributed by atoms with Crippen molar-refractivity contribution < 1.29 is 17.9 Å². The molecule has 0 saturated carbocycles. The molecule has 0 aliphatic rings. The van der Waals surface area contributed by atoms with Gasteiger partial charge in [0.05, 0.1) is 17.8 Å². The van der Waals surface area contributed by atoms with Crippen molar-refractivity contribution >= 4 is 38.9 Å². The molecule has 3 aromatic carbocycles. The second kappa shape index (κ2) is 9.19. The summed E-state index contributed by atoms with van der Waals surface area (Å²) >= 11 is 6.07. The molecule has 1 amide bonds. The number of rotatable bonds is 7. The number of carbonyl (C=O) groups excluding carboxylic acids is 1. The maximum atomic E-state index is 12.9. The van der Waals surface area contributed by atoms with Crippen LogP contribution in [0.2, 0.25) is 5.02 Å². The molecule has 0 atom stereocenters. The third-order valence-corrected chi connectivity index (χ3v) is 6.17. The molecule has 6 nitrogen and oxygen atoms in total. The van der Waals surface area contributed by atoms with E-state index in [1.54, 1.807) is 42.5 Å². The molecule has 3 rings (SSSR count). The van der Waals surface area contributed by atoms with Gasteiger partial charge in [-0.1, -0.05) is 42.8 Å². The van der Waals surface area contributed by atoms with Crippen LogP contribution in [0, 0.1) is 0 Å². The predicted molar refractivity (Wildman–Crippen MR) is 119 cm³/mol. The van der Waals surface area contributed by atoms with Crippen LogP contribution in [0.4, 0.5) is 11.4 Å². The lowest BCUT2D eigenvalue weighted by molar-refractivity contribution is 0.102. The molecule has 156 valence electrons. The first-order valence-electron chi connectivity index (χ1n) is 9.19. The Labute approximate surface area is 180 Å². The molecule has 0 bridgehead atoms. The monoisotopic (exact) mass is 444 g/mol. The molecular formula is C22H21ClN2O4S. The highest BCUT2D eigenvalue weighted by molar-refractivity contribution is 7.92. The number of nitrogens with one attached hydrogen (secondary N) is 2. The second-order valence-electron chi connectivity index (χ2n) is 6.46. The van der Waals surface area contributed by atoms with Crippen LogP contribution < -0.4 is 14.8 Å². The molecule has 0 unspecified atom stereocenters. The van der Waals surface area contributed by atoms with Crippen LogP contribution in [0.15, 0.2) is 71.6 Å². The summed E-state index contributed by atoms with van der Waals surface area (Å²) in [7, 11) is -2.65. The summed E-state index contributed by atoms with van der Waals surface area (Å²) in [5.41, 5.74) is 2.16. The van der Waals surface area contributed by atoms with Gasteiger partial charge in [0.1, 0.15) is 10.6 Å². The van der Waals surface area contributed by atoms with Crippen LogP contribution >= 0.6 is 11.6 Å². The highest BCUT2D eigenvalue weighted by atomic mass is 35.5. The van der Waals surface area contributed by atoms with Crippen LogP contribution in [0.5, 0.6) is 5.75 Å². The number of halogens is 1. The summed E-state index contributed by atoms with van der Waals surface area (Å²) in [5.74, 6) is -0.204. The van der Waals surface area contributed by atoms with Crippen molar-refractivity contribution in [2.45, 2.75) is 18.2 Å².